The summed E-state index contributed by atoms with van der Waals surface area (Å²) in [5, 5.41) is 10.4. The monoisotopic (exact) mass is 409 g/mol. The first kappa shape index (κ1) is 18.6. The summed E-state index contributed by atoms with van der Waals surface area (Å²) >= 11 is 3.24. The molecule has 1 aromatic rings. The molecule has 2 rings (SSSR count). The smallest absolute Gasteiger partial charge is 0.355 e. The van der Waals surface area contributed by atoms with Gasteiger partial charge >= 0.3 is 11.9 Å². The Morgan fingerprint density at radius 3 is 2.36 bits per heavy atom. The third kappa shape index (κ3) is 3.69. The number of methoxy groups -OCH3 is 3. The zero-order valence-electron chi connectivity index (χ0n) is 13.8. The molecule has 132 valence electrons. The Bertz CT molecular complexity index is 797. The third-order valence-corrected chi connectivity index (χ3v) is 4.01. The van der Waals surface area contributed by atoms with Crippen LogP contribution in [0.1, 0.15) is 0 Å². The van der Waals surface area contributed by atoms with Crippen molar-refractivity contribution >= 4 is 33.6 Å². The summed E-state index contributed by atoms with van der Waals surface area (Å²) in [6.07, 6.45) is 6.12. The van der Waals surface area contributed by atoms with Crippen molar-refractivity contribution in [1.82, 2.24) is 0 Å². The largest absolute Gasteiger partial charge is 0.505 e. The molecule has 1 aliphatic heterocycles. The summed E-state index contributed by atoms with van der Waals surface area (Å²) in [4.78, 5) is 25.8. The quantitative estimate of drug-likeness (QED) is 0.764. The molecule has 0 aromatic heterocycles. The van der Waals surface area contributed by atoms with Crippen LogP contribution < -0.4 is 9.64 Å². The number of phenolic OH excluding ortho intramolecular Hbond substituents is 1. The number of aromatic hydroxyl groups is 1. The molecule has 1 heterocycles. The van der Waals surface area contributed by atoms with Crippen molar-refractivity contribution in [2.24, 2.45) is 0 Å². The van der Waals surface area contributed by atoms with Crippen LogP contribution in [0.5, 0.6) is 11.5 Å². The summed E-state index contributed by atoms with van der Waals surface area (Å²) in [6, 6.07) is 3.09. The Morgan fingerprint density at radius 2 is 1.76 bits per heavy atom. The maximum atomic E-state index is 12.4. The molecule has 0 atom stereocenters. The van der Waals surface area contributed by atoms with Gasteiger partial charge in [-0.1, -0.05) is 6.08 Å². The van der Waals surface area contributed by atoms with Crippen LogP contribution in [0, 0.1) is 0 Å². The second-order valence-corrected chi connectivity index (χ2v) is 5.65. The van der Waals surface area contributed by atoms with Gasteiger partial charge in [-0.25, -0.2) is 9.59 Å². The normalized spacial score (nSPS) is 13.5. The van der Waals surface area contributed by atoms with E-state index in [-0.39, 0.29) is 22.7 Å². The zero-order chi connectivity index (χ0) is 18.6. The van der Waals surface area contributed by atoms with Crippen LogP contribution in [0.2, 0.25) is 0 Å². The van der Waals surface area contributed by atoms with E-state index in [2.05, 4.69) is 15.9 Å². The molecule has 7 nitrogen and oxygen atoms in total. The predicted octanol–water partition coefficient (Wildman–Crippen LogP) is 2.65. The van der Waals surface area contributed by atoms with Crippen LogP contribution in [-0.4, -0.2) is 38.4 Å². The van der Waals surface area contributed by atoms with Gasteiger partial charge in [-0.3, -0.25) is 0 Å². The molecule has 0 saturated heterocycles. The number of ether oxygens (including phenoxy) is 3. The average Bonchev–Trinajstić information content (AvgIpc) is 2.85. The Kier molecular flexibility index (Phi) is 5.87. The van der Waals surface area contributed by atoms with Crippen molar-refractivity contribution in [1.29, 1.82) is 0 Å². The molecular weight excluding hydrogens is 394 g/mol. The summed E-state index contributed by atoms with van der Waals surface area (Å²) in [5.41, 5.74) is 0.0977. The van der Waals surface area contributed by atoms with E-state index in [0.717, 1.165) is 0 Å². The van der Waals surface area contributed by atoms with E-state index in [9.17, 15) is 14.7 Å². The fourth-order valence-electron chi connectivity index (χ4n) is 2.21. The molecule has 0 radical (unpaired) electrons. The van der Waals surface area contributed by atoms with Crippen molar-refractivity contribution in [3.63, 3.8) is 0 Å². The number of carbonyl (C=O) groups excluding carboxylic acids is 2. The fourth-order valence-corrected chi connectivity index (χ4v) is 2.64. The highest BCUT2D eigenvalue weighted by atomic mass is 79.9. The molecule has 25 heavy (non-hydrogen) atoms. The number of nitrogens with zero attached hydrogens (tertiary/aromatic N) is 1. The van der Waals surface area contributed by atoms with E-state index in [4.69, 9.17) is 14.2 Å². The lowest BCUT2D eigenvalue weighted by Gasteiger charge is -2.24. The minimum absolute atomic E-state index is 0.0160. The number of halogens is 1. The SMILES string of the molecule is COC(=O)C1=C(C(=O)OC)N(c2cc(OC)cc(Br)c2O)C=CC=C1. The summed E-state index contributed by atoms with van der Waals surface area (Å²) < 4.78 is 15.1. The van der Waals surface area contributed by atoms with Gasteiger partial charge in [-0.2, -0.15) is 0 Å². The third-order valence-electron chi connectivity index (χ3n) is 3.40. The molecule has 0 fully saturated rings. The van der Waals surface area contributed by atoms with Crippen molar-refractivity contribution in [3.8, 4) is 11.5 Å². The van der Waals surface area contributed by atoms with Crippen molar-refractivity contribution in [2.45, 2.75) is 0 Å². The minimum atomic E-state index is -0.769. The summed E-state index contributed by atoms with van der Waals surface area (Å²) in [6.45, 7) is 0. The molecule has 0 bridgehead atoms. The molecule has 1 aliphatic rings. The van der Waals surface area contributed by atoms with Gasteiger partial charge in [-0.15, -0.1) is 0 Å². The van der Waals surface area contributed by atoms with Crippen LogP contribution in [0.15, 0.2) is 52.3 Å². The first-order valence-corrected chi connectivity index (χ1v) is 7.85. The number of rotatable bonds is 4. The van der Waals surface area contributed by atoms with Crippen LogP contribution in [0.25, 0.3) is 0 Å². The Balaban J connectivity index is 2.75. The molecule has 0 spiro atoms. The zero-order valence-corrected chi connectivity index (χ0v) is 15.4. The highest BCUT2D eigenvalue weighted by Crippen LogP contribution is 2.41. The Labute approximate surface area is 152 Å². The first-order chi connectivity index (χ1) is 11.9. The number of carbonyl (C=O) groups is 2. The van der Waals surface area contributed by atoms with Crippen LogP contribution in [-0.2, 0) is 19.1 Å². The van der Waals surface area contributed by atoms with Gasteiger partial charge in [0.05, 0.1) is 37.1 Å². The molecule has 0 aliphatic carbocycles. The highest BCUT2D eigenvalue weighted by molar-refractivity contribution is 9.10. The van der Waals surface area contributed by atoms with Crippen molar-refractivity contribution < 1.29 is 28.9 Å². The highest BCUT2D eigenvalue weighted by Gasteiger charge is 2.29. The average molecular weight is 410 g/mol. The second-order valence-electron chi connectivity index (χ2n) is 4.79. The standard InChI is InChI=1S/C17H16BrNO6/c1-23-10-8-12(18)15(20)13(9-10)19-7-5-4-6-11(16(21)24-2)14(19)17(22)25-3/h4-9,20H,1-3H3. The van der Waals surface area contributed by atoms with Gasteiger partial charge in [0.2, 0.25) is 0 Å². The van der Waals surface area contributed by atoms with Gasteiger partial charge in [0.25, 0.3) is 0 Å². The lowest BCUT2D eigenvalue weighted by Crippen LogP contribution is -2.27. The van der Waals surface area contributed by atoms with Gasteiger partial charge < -0.3 is 24.2 Å². The molecule has 0 saturated carbocycles. The van der Waals surface area contributed by atoms with E-state index in [1.165, 1.54) is 44.6 Å². The molecule has 8 heteroatoms. The molecule has 1 aromatic carbocycles. The lowest BCUT2D eigenvalue weighted by atomic mass is 10.1. The van der Waals surface area contributed by atoms with Gasteiger partial charge in [0, 0.05) is 12.3 Å². The second kappa shape index (κ2) is 7.89. The summed E-state index contributed by atoms with van der Waals surface area (Å²) in [5.74, 6) is -1.19. The van der Waals surface area contributed by atoms with Gasteiger partial charge in [0.15, 0.2) is 5.75 Å². The number of phenols is 1. The number of esters is 2. The van der Waals surface area contributed by atoms with Crippen molar-refractivity contribution in [3.05, 3.63) is 52.3 Å². The van der Waals surface area contributed by atoms with Crippen LogP contribution in [0.4, 0.5) is 5.69 Å². The lowest BCUT2D eigenvalue weighted by molar-refractivity contribution is -0.139. The maximum absolute atomic E-state index is 12.4. The van der Waals surface area contributed by atoms with E-state index >= 15 is 0 Å². The maximum Gasteiger partial charge on any atom is 0.355 e. The van der Waals surface area contributed by atoms with E-state index < -0.39 is 11.9 Å². The van der Waals surface area contributed by atoms with Crippen LogP contribution >= 0.6 is 15.9 Å². The Hall–Kier alpha value is -2.74. The minimum Gasteiger partial charge on any atom is -0.505 e. The van der Waals surface area contributed by atoms with E-state index in [0.29, 0.717) is 10.2 Å². The first-order valence-electron chi connectivity index (χ1n) is 7.06. The van der Waals surface area contributed by atoms with Crippen LogP contribution in [0.3, 0.4) is 0 Å². The predicted molar refractivity (Wildman–Crippen MR) is 94.2 cm³/mol. The van der Waals surface area contributed by atoms with E-state index in [1.807, 2.05) is 0 Å². The van der Waals surface area contributed by atoms with Gasteiger partial charge in [-0.05, 0) is 34.1 Å². The molecule has 0 amide bonds. The molecule has 1 N–H and O–H groups in total. The number of hydrogen-bond donors (Lipinski definition) is 1. The number of hydrogen-bond acceptors (Lipinski definition) is 7. The summed E-state index contributed by atoms with van der Waals surface area (Å²) in [7, 11) is 3.88. The van der Waals surface area contributed by atoms with Crippen molar-refractivity contribution in [2.75, 3.05) is 26.2 Å². The number of allylic oxidation sites excluding steroid dienone is 2. The van der Waals surface area contributed by atoms with Gasteiger partial charge in [0.1, 0.15) is 11.4 Å². The molecular formula is C17H16BrNO6. The fraction of sp³-hybridized carbons (Fsp3) is 0.176. The topological polar surface area (TPSA) is 85.3 Å². The number of anilines is 1. The molecule has 0 unspecified atom stereocenters. The van der Waals surface area contributed by atoms with E-state index in [1.54, 1.807) is 18.2 Å². The number of benzene rings is 1. The Morgan fingerprint density at radius 1 is 1.08 bits per heavy atom.